The van der Waals surface area contributed by atoms with E-state index >= 15 is 0 Å². The fourth-order valence-electron chi connectivity index (χ4n) is 2.31. The van der Waals surface area contributed by atoms with Gasteiger partial charge >= 0.3 is 5.97 Å². The standard InChI is InChI=1S/C17H16N4O5S/c1-9(2)14-19-20-17(27-14)18-12(22)7-8-13(23)26-21-15(24)10-5-3-4-6-11(10)16(21)25/h3-6,9H,7-8H2,1-2H3,(H,18,20,22). The number of anilines is 1. The van der Waals surface area contributed by atoms with Gasteiger partial charge in [-0.15, -0.1) is 10.2 Å². The van der Waals surface area contributed by atoms with Crippen LogP contribution in [0.4, 0.5) is 5.13 Å². The molecule has 0 saturated heterocycles. The normalized spacial score (nSPS) is 13.1. The number of fused-ring (bicyclic) bond motifs is 1. The summed E-state index contributed by atoms with van der Waals surface area (Å²) in [6, 6.07) is 6.17. The molecular weight excluding hydrogens is 372 g/mol. The minimum Gasteiger partial charge on any atom is -0.330 e. The average molecular weight is 388 g/mol. The molecule has 0 radical (unpaired) electrons. The third kappa shape index (κ3) is 4.00. The first kappa shape index (κ1) is 18.6. The van der Waals surface area contributed by atoms with Gasteiger partial charge in [0.15, 0.2) is 0 Å². The minimum absolute atomic E-state index is 0.172. The number of rotatable bonds is 6. The molecule has 0 fully saturated rings. The lowest BCUT2D eigenvalue weighted by molar-refractivity contribution is -0.168. The Kier molecular flexibility index (Phi) is 5.26. The van der Waals surface area contributed by atoms with Crippen molar-refractivity contribution < 1.29 is 24.0 Å². The van der Waals surface area contributed by atoms with Crippen LogP contribution in [-0.4, -0.2) is 39.0 Å². The fraction of sp³-hybridized carbons (Fsp3) is 0.294. The van der Waals surface area contributed by atoms with Crippen LogP contribution in [0.5, 0.6) is 0 Å². The van der Waals surface area contributed by atoms with Crippen molar-refractivity contribution in [2.24, 2.45) is 0 Å². The Hall–Kier alpha value is -3.14. The van der Waals surface area contributed by atoms with Crippen LogP contribution in [-0.2, 0) is 14.4 Å². The molecule has 0 aliphatic carbocycles. The lowest BCUT2D eigenvalue weighted by atomic mass is 10.1. The molecule has 0 bridgehead atoms. The number of nitrogens with zero attached hydrogens (tertiary/aromatic N) is 3. The number of aromatic nitrogens is 2. The van der Waals surface area contributed by atoms with E-state index in [1.165, 1.54) is 23.5 Å². The van der Waals surface area contributed by atoms with Crippen molar-refractivity contribution in [1.29, 1.82) is 0 Å². The molecule has 1 aromatic heterocycles. The van der Waals surface area contributed by atoms with Gasteiger partial charge in [-0.05, 0) is 12.1 Å². The van der Waals surface area contributed by atoms with Crippen molar-refractivity contribution in [2.75, 3.05) is 5.32 Å². The second kappa shape index (κ2) is 7.62. The number of amides is 3. The molecule has 1 N–H and O–H groups in total. The summed E-state index contributed by atoms with van der Waals surface area (Å²) >= 11 is 1.26. The Labute approximate surface area is 158 Å². The smallest absolute Gasteiger partial charge is 0.330 e. The molecule has 1 aromatic carbocycles. The summed E-state index contributed by atoms with van der Waals surface area (Å²) in [6.07, 6.45) is -0.478. The summed E-state index contributed by atoms with van der Waals surface area (Å²) in [5, 5.41) is 11.9. The first-order valence-corrected chi connectivity index (χ1v) is 9.00. The van der Waals surface area contributed by atoms with Gasteiger partial charge in [-0.3, -0.25) is 14.4 Å². The Morgan fingerprint density at radius 3 is 2.30 bits per heavy atom. The van der Waals surface area contributed by atoms with Crippen molar-refractivity contribution >= 4 is 40.2 Å². The van der Waals surface area contributed by atoms with Gasteiger partial charge in [-0.1, -0.05) is 42.4 Å². The van der Waals surface area contributed by atoms with Gasteiger partial charge in [0.2, 0.25) is 11.0 Å². The molecule has 10 heteroatoms. The van der Waals surface area contributed by atoms with Gasteiger partial charge in [-0.25, -0.2) is 4.79 Å². The van der Waals surface area contributed by atoms with Gasteiger partial charge in [0, 0.05) is 12.3 Å². The molecule has 0 spiro atoms. The van der Waals surface area contributed by atoms with Crippen molar-refractivity contribution in [1.82, 2.24) is 15.3 Å². The Morgan fingerprint density at radius 1 is 1.11 bits per heavy atom. The highest BCUT2D eigenvalue weighted by molar-refractivity contribution is 7.15. The zero-order valence-electron chi connectivity index (χ0n) is 14.6. The summed E-state index contributed by atoms with van der Waals surface area (Å²) in [4.78, 5) is 52.9. The van der Waals surface area contributed by atoms with E-state index < -0.39 is 23.7 Å². The number of carbonyl (C=O) groups excluding carboxylic acids is 4. The number of carbonyl (C=O) groups is 4. The Morgan fingerprint density at radius 2 is 1.74 bits per heavy atom. The van der Waals surface area contributed by atoms with E-state index in [4.69, 9.17) is 4.84 Å². The number of benzene rings is 1. The second-order valence-electron chi connectivity index (χ2n) is 6.06. The lowest BCUT2D eigenvalue weighted by Crippen LogP contribution is -2.32. The zero-order valence-corrected chi connectivity index (χ0v) is 15.4. The Bertz CT molecular complexity index is 889. The molecule has 9 nitrogen and oxygen atoms in total. The summed E-state index contributed by atoms with van der Waals surface area (Å²) < 4.78 is 0. The third-order valence-corrected chi connectivity index (χ3v) is 4.83. The fourth-order valence-corrected chi connectivity index (χ4v) is 3.08. The highest BCUT2D eigenvalue weighted by Crippen LogP contribution is 2.24. The van der Waals surface area contributed by atoms with Crippen molar-refractivity contribution in [2.45, 2.75) is 32.6 Å². The minimum atomic E-state index is -0.861. The van der Waals surface area contributed by atoms with E-state index in [9.17, 15) is 19.2 Å². The molecule has 0 saturated carbocycles. The van der Waals surface area contributed by atoms with E-state index in [1.54, 1.807) is 12.1 Å². The van der Waals surface area contributed by atoms with Gasteiger partial charge in [0.05, 0.1) is 17.5 Å². The predicted octanol–water partition coefficient (Wildman–Crippen LogP) is 2.13. The molecule has 140 valence electrons. The van der Waals surface area contributed by atoms with Gasteiger partial charge in [-0.2, -0.15) is 0 Å². The molecule has 1 aliphatic rings. The average Bonchev–Trinajstić information content (AvgIpc) is 3.20. The lowest BCUT2D eigenvalue weighted by Gasteiger charge is -2.12. The monoisotopic (exact) mass is 388 g/mol. The number of imide groups is 1. The first-order valence-electron chi connectivity index (χ1n) is 8.18. The van der Waals surface area contributed by atoms with Gasteiger partial charge in [0.25, 0.3) is 11.8 Å². The van der Waals surface area contributed by atoms with Crippen LogP contribution in [0.25, 0.3) is 0 Å². The SMILES string of the molecule is CC(C)c1nnc(NC(=O)CCC(=O)ON2C(=O)c3ccccc3C2=O)s1. The topological polar surface area (TPSA) is 119 Å². The molecule has 0 unspecified atom stereocenters. The zero-order chi connectivity index (χ0) is 19.6. The van der Waals surface area contributed by atoms with Crippen molar-refractivity contribution in [3.8, 4) is 0 Å². The molecular formula is C17H16N4O5S. The summed E-state index contributed by atoms with van der Waals surface area (Å²) in [5.74, 6) is -2.52. The second-order valence-corrected chi connectivity index (χ2v) is 7.07. The number of nitrogens with one attached hydrogen (secondary N) is 1. The van der Waals surface area contributed by atoms with Crippen LogP contribution in [0.15, 0.2) is 24.3 Å². The third-order valence-electron chi connectivity index (χ3n) is 3.69. The maximum atomic E-state index is 12.1. The van der Waals surface area contributed by atoms with Crippen molar-refractivity contribution in [3.05, 3.63) is 40.4 Å². The number of hydrogen-bond donors (Lipinski definition) is 1. The van der Waals surface area contributed by atoms with Crippen LogP contribution in [0, 0.1) is 0 Å². The largest absolute Gasteiger partial charge is 0.333 e. The molecule has 2 aromatic rings. The van der Waals surface area contributed by atoms with E-state index in [-0.39, 0.29) is 29.9 Å². The molecule has 27 heavy (non-hydrogen) atoms. The maximum Gasteiger partial charge on any atom is 0.333 e. The number of hydroxylamine groups is 2. The molecule has 3 amide bonds. The highest BCUT2D eigenvalue weighted by Gasteiger charge is 2.38. The number of hydrogen-bond acceptors (Lipinski definition) is 8. The quantitative estimate of drug-likeness (QED) is 0.753. The predicted molar refractivity (Wildman–Crippen MR) is 94.9 cm³/mol. The van der Waals surface area contributed by atoms with E-state index in [1.807, 2.05) is 13.8 Å². The van der Waals surface area contributed by atoms with Crippen LogP contribution in [0.2, 0.25) is 0 Å². The molecule has 2 heterocycles. The summed E-state index contributed by atoms with van der Waals surface area (Å²) in [7, 11) is 0. The molecule has 3 rings (SSSR count). The van der Waals surface area contributed by atoms with Crippen molar-refractivity contribution in [3.63, 3.8) is 0 Å². The highest BCUT2D eigenvalue weighted by atomic mass is 32.1. The van der Waals surface area contributed by atoms with Crippen LogP contribution < -0.4 is 5.32 Å². The van der Waals surface area contributed by atoms with Crippen LogP contribution in [0.1, 0.15) is 58.3 Å². The first-order chi connectivity index (χ1) is 12.9. The Balaban J connectivity index is 1.50. The van der Waals surface area contributed by atoms with Crippen LogP contribution in [0.3, 0.4) is 0 Å². The van der Waals surface area contributed by atoms with E-state index in [0.717, 1.165) is 5.01 Å². The van der Waals surface area contributed by atoms with Crippen LogP contribution >= 0.6 is 11.3 Å². The van der Waals surface area contributed by atoms with E-state index in [0.29, 0.717) is 10.2 Å². The summed E-state index contributed by atoms with van der Waals surface area (Å²) in [6.45, 7) is 3.92. The van der Waals surface area contributed by atoms with E-state index in [2.05, 4.69) is 15.5 Å². The van der Waals surface area contributed by atoms with Gasteiger partial charge in [0.1, 0.15) is 5.01 Å². The maximum absolute atomic E-state index is 12.1. The summed E-state index contributed by atoms with van der Waals surface area (Å²) in [5.41, 5.74) is 0.343. The molecule has 0 atom stereocenters. The van der Waals surface area contributed by atoms with Gasteiger partial charge < -0.3 is 10.2 Å². The molecule has 1 aliphatic heterocycles.